The molecule has 0 fully saturated rings. The molecule has 0 saturated heterocycles. The van der Waals surface area contributed by atoms with Crippen LogP contribution in [0.2, 0.25) is 0 Å². The third kappa shape index (κ3) is 3.87. The van der Waals surface area contributed by atoms with Crippen LogP contribution in [0.5, 0.6) is 0 Å². The minimum absolute atomic E-state index is 0.389. The number of rotatable bonds is 7. The van der Waals surface area contributed by atoms with Gasteiger partial charge in [0.2, 0.25) is 0 Å². The van der Waals surface area contributed by atoms with Crippen molar-refractivity contribution in [2.75, 3.05) is 13.7 Å². The number of hydrogen-bond acceptors (Lipinski definition) is 4. The summed E-state index contributed by atoms with van der Waals surface area (Å²) in [6.45, 7) is 4.28. The molecular formula is C12H19NO4. The molecular weight excluding hydrogens is 222 g/mol. The van der Waals surface area contributed by atoms with Crippen LogP contribution in [0.25, 0.3) is 0 Å². The molecule has 0 amide bonds. The molecule has 5 heteroatoms. The number of hydrogen-bond donors (Lipinski definition) is 2. The molecule has 5 nitrogen and oxygen atoms in total. The van der Waals surface area contributed by atoms with Gasteiger partial charge >= 0.3 is 5.97 Å². The van der Waals surface area contributed by atoms with Gasteiger partial charge in [0.1, 0.15) is 17.1 Å². The monoisotopic (exact) mass is 241 g/mol. The molecule has 0 radical (unpaired) electrons. The molecule has 2 N–H and O–H groups in total. The van der Waals surface area contributed by atoms with E-state index in [9.17, 15) is 9.90 Å². The number of carbonyl (C=O) groups is 1. The van der Waals surface area contributed by atoms with E-state index in [1.807, 2.05) is 19.1 Å². The summed E-state index contributed by atoms with van der Waals surface area (Å²) in [4.78, 5) is 11.2. The smallest absolute Gasteiger partial charge is 0.323 e. The molecule has 0 saturated carbocycles. The molecule has 1 heterocycles. The minimum atomic E-state index is -1.00. The number of carboxylic acids is 1. The molecule has 0 aliphatic heterocycles. The van der Waals surface area contributed by atoms with Crippen LogP contribution in [0.4, 0.5) is 0 Å². The lowest BCUT2D eigenvalue weighted by molar-refractivity contribution is -0.145. The second-order valence-electron chi connectivity index (χ2n) is 4.25. The van der Waals surface area contributed by atoms with Gasteiger partial charge in [-0.15, -0.1) is 0 Å². The van der Waals surface area contributed by atoms with E-state index in [0.717, 1.165) is 11.5 Å². The molecule has 1 aromatic heterocycles. The Balaban J connectivity index is 2.58. The number of furan rings is 1. The maximum atomic E-state index is 11.2. The summed E-state index contributed by atoms with van der Waals surface area (Å²) in [7, 11) is 1.55. The van der Waals surface area contributed by atoms with Gasteiger partial charge in [-0.3, -0.25) is 10.1 Å². The summed E-state index contributed by atoms with van der Waals surface area (Å²) in [6.07, 6.45) is 0.401. The zero-order valence-corrected chi connectivity index (χ0v) is 10.4. The summed E-state index contributed by atoms with van der Waals surface area (Å²) in [6, 6.07) is 3.69. The third-order valence-electron chi connectivity index (χ3n) is 2.73. The maximum absolute atomic E-state index is 11.2. The van der Waals surface area contributed by atoms with Gasteiger partial charge in [-0.25, -0.2) is 0 Å². The fraction of sp³-hybridized carbons (Fsp3) is 0.583. The zero-order chi connectivity index (χ0) is 12.9. The fourth-order valence-electron chi connectivity index (χ4n) is 1.44. The van der Waals surface area contributed by atoms with Crippen molar-refractivity contribution in [3.63, 3.8) is 0 Å². The van der Waals surface area contributed by atoms with E-state index < -0.39 is 11.5 Å². The van der Waals surface area contributed by atoms with Crippen molar-refractivity contribution < 1.29 is 19.1 Å². The van der Waals surface area contributed by atoms with Gasteiger partial charge in [0.25, 0.3) is 0 Å². The van der Waals surface area contributed by atoms with Crippen LogP contribution < -0.4 is 5.32 Å². The molecule has 1 aromatic rings. The molecule has 96 valence electrons. The zero-order valence-electron chi connectivity index (χ0n) is 10.4. The number of carboxylic acid groups (broad SMARTS) is 1. The Hall–Kier alpha value is -1.33. The average Bonchev–Trinajstić information content (AvgIpc) is 2.69. The van der Waals surface area contributed by atoms with E-state index >= 15 is 0 Å². The summed E-state index contributed by atoms with van der Waals surface area (Å²) in [5.41, 5.74) is -1.00. The molecule has 0 aliphatic rings. The van der Waals surface area contributed by atoms with Crippen LogP contribution in [-0.4, -0.2) is 30.3 Å². The fourth-order valence-corrected chi connectivity index (χ4v) is 1.44. The lowest BCUT2D eigenvalue weighted by atomic mass is 9.98. The van der Waals surface area contributed by atoms with E-state index in [1.54, 1.807) is 14.0 Å². The van der Waals surface area contributed by atoms with Crippen LogP contribution in [0, 0.1) is 6.92 Å². The maximum Gasteiger partial charge on any atom is 0.323 e. The van der Waals surface area contributed by atoms with Crippen LogP contribution in [0.3, 0.4) is 0 Å². The molecule has 0 bridgehead atoms. The SMILES string of the molecule is COCCC(C)(NCc1ccc(C)o1)C(=O)O. The largest absolute Gasteiger partial charge is 0.480 e. The molecule has 1 atom stereocenters. The van der Waals surface area contributed by atoms with Gasteiger partial charge < -0.3 is 14.3 Å². The van der Waals surface area contributed by atoms with Gasteiger partial charge in [-0.05, 0) is 32.4 Å². The molecule has 0 aromatic carbocycles. The first-order chi connectivity index (χ1) is 7.98. The highest BCUT2D eigenvalue weighted by atomic mass is 16.5. The van der Waals surface area contributed by atoms with E-state index in [4.69, 9.17) is 9.15 Å². The lowest BCUT2D eigenvalue weighted by Gasteiger charge is -2.25. The first-order valence-electron chi connectivity index (χ1n) is 5.50. The summed E-state index contributed by atoms with van der Waals surface area (Å²) >= 11 is 0. The Morgan fingerprint density at radius 3 is 2.76 bits per heavy atom. The number of nitrogens with one attached hydrogen (secondary N) is 1. The molecule has 1 unspecified atom stereocenters. The Morgan fingerprint density at radius 1 is 1.59 bits per heavy atom. The third-order valence-corrected chi connectivity index (χ3v) is 2.73. The van der Waals surface area contributed by atoms with Crippen molar-refractivity contribution in [1.29, 1.82) is 0 Å². The Kier molecular flexibility index (Phi) is 4.72. The van der Waals surface area contributed by atoms with Crippen molar-refractivity contribution in [1.82, 2.24) is 5.32 Å². The standard InChI is InChI=1S/C12H19NO4/c1-9-4-5-10(17-9)8-13-12(2,11(14)15)6-7-16-3/h4-5,13H,6-8H2,1-3H3,(H,14,15). The van der Waals surface area contributed by atoms with Crippen molar-refractivity contribution in [2.24, 2.45) is 0 Å². The van der Waals surface area contributed by atoms with E-state index in [1.165, 1.54) is 0 Å². The van der Waals surface area contributed by atoms with Gasteiger partial charge in [0, 0.05) is 13.7 Å². The van der Waals surface area contributed by atoms with E-state index in [0.29, 0.717) is 19.6 Å². The van der Waals surface area contributed by atoms with Gasteiger partial charge in [0.15, 0.2) is 0 Å². The number of aliphatic carboxylic acids is 1. The van der Waals surface area contributed by atoms with Crippen molar-refractivity contribution >= 4 is 5.97 Å². The summed E-state index contributed by atoms with van der Waals surface area (Å²) < 4.78 is 10.3. The number of methoxy groups -OCH3 is 1. The molecule has 17 heavy (non-hydrogen) atoms. The van der Waals surface area contributed by atoms with Crippen molar-refractivity contribution in [3.05, 3.63) is 23.7 Å². The number of ether oxygens (including phenoxy) is 1. The minimum Gasteiger partial charge on any atom is -0.480 e. The van der Waals surface area contributed by atoms with E-state index in [2.05, 4.69) is 5.32 Å². The topological polar surface area (TPSA) is 71.7 Å². The van der Waals surface area contributed by atoms with Gasteiger partial charge in [-0.2, -0.15) is 0 Å². The summed E-state index contributed by atoms with van der Waals surface area (Å²) in [5.74, 6) is 0.654. The Bertz CT molecular complexity index is 374. The van der Waals surface area contributed by atoms with Gasteiger partial charge in [-0.1, -0.05) is 0 Å². The van der Waals surface area contributed by atoms with Gasteiger partial charge in [0.05, 0.1) is 6.54 Å². The average molecular weight is 241 g/mol. The van der Waals surface area contributed by atoms with Crippen molar-refractivity contribution in [3.8, 4) is 0 Å². The predicted octanol–water partition coefficient (Wildman–Crippen LogP) is 1.56. The van der Waals surface area contributed by atoms with Crippen LogP contribution in [-0.2, 0) is 16.1 Å². The normalized spacial score (nSPS) is 14.5. The highest BCUT2D eigenvalue weighted by Gasteiger charge is 2.32. The van der Waals surface area contributed by atoms with Crippen LogP contribution in [0.1, 0.15) is 24.9 Å². The molecule has 1 rings (SSSR count). The Labute approximate surface area is 101 Å². The van der Waals surface area contributed by atoms with Crippen LogP contribution in [0.15, 0.2) is 16.5 Å². The second-order valence-corrected chi connectivity index (χ2v) is 4.25. The number of aryl methyl sites for hydroxylation is 1. The highest BCUT2D eigenvalue weighted by Crippen LogP contribution is 2.13. The quantitative estimate of drug-likeness (QED) is 0.758. The lowest BCUT2D eigenvalue weighted by Crippen LogP contribution is -2.49. The highest BCUT2D eigenvalue weighted by molar-refractivity contribution is 5.78. The predicted molar refractivity (Wildman–Crippen MR) is 62.8 cm³/mol. The molecule has 0 aliphatic carbocycles. The first-order valence-corrected chi connectivity index (χ1v) is 5.50. The first kappa shape index (κ1) is 13.7. The molecule has 0 spiro atoms. The van der Waals surface area contributed by atoms with Crippen molar-refractivity contribution in [2.45, 2.75) is 32.4 Å². The Morgan fingerprint density at radius 2 is 2.29 bits per heavy atom. The summed E-state index contributed by atoms with van der Waals surface area (Å²) in [5, 5.41) is 12.2. The van der Waals surface area contributed by atoms with E-state index in [-0.39, 0.29) is 0 Å². The van der Waals surface area contributed by atoms with Crippen LogP contribution >= 0.6 is 0 Å². The second kappa shape index (κ2) is 5.84.